The Labute approximate surface area is 217 Å². The summed E-state index contributed by atoms with van der Waals surface area (Å²) >= 11 is 2.14. The SMILES string of the molecule is CC[C@@H](C)NC(=O)[C@@H](CC)N(CCc1ccccc1)C(=O)CN(c1ccc(I)cc1)S(C)(=O)=O. The Morgan fingerprint density at radius 2 is 1.62 bits per heavy atom. The van der Waals surface area contributed by atoms with Crippen molar-refractivity contribution in [2.24, 2.45) is 0 Å². The van der Waals surface area contributed by atoms with E-state index in [2.05, 4.69) is 27.9 Å². The lowest BCUT2D eigenvalue weighted by Gasteiger charge is -2.33. The number of halogens is 1. The number of hydrogen-bond donors (Lipinski definition) is 1. The Bertz CT molecular complexity index is 1050. The molecule has 0 aliphatic rings. The second-order valence-electron chi connectivity index (χ2n) is 8.31. The second kappa shape index (κ2) is 13.1. The maximum atomic E-state index is 13.6. The van der Waals surface area contributed by atoms with E-state index in [-0.39, 0.29) is 18.5 Å². The molecular weight excluding hydrogens is 565 g/mol. The molecule has 2 aromatic rings. The third kappa shape index (κ3) is 8.26. The van der Waals surface area contributed by atoms with Gasteiger partial charge in [-0.15, -0.1) is 0 Å². The van der Waals surface area contributed by atoms with Gasteiger partial charge in [0, 0.05) is 16.2 Å². The summed E-state index contributed by atoms with van der Waals surface area (Å²) in [6.07, 6.45) is 2.83. The largest absolute Gasteiger partial charge is 0.352 e. The molecule has 0 bridgehead atoms. The van der Waals surface area contributed by atoms with Gasteiger partial charge in [0.1, 0.15) is 12.6 Å². The number of anilines is 1. The fourth-order valence-electron chi connectivity index (χ4n) is 3.56. The van der Waals surface area contributed by atoms with E-state index in [1.165, 1.54) is 4.90 Å². The average molecular weight is 600 g/mol. The maximum Gasteiger partial charge on any atom is 0.244 e. The lowest BCUT2D eigenvalue weighted by atomic mass is 10.1. The van der Waals surface area contributed by atoms with Crippen LogP contribution in [0.25, 0.3) is 0 Å². The maximum absolute atomic E-state index is 13.6. The molecule has 0 spiro atoms. The lowest BCUT2D eigenvalue weighted by Crippen LogP contribution is -2.54. The van der Waals surface area contributed by atoms with Crippen LogP contribution < -0.4 is 9.62 Å². The second-order valence-corrected chi connectivity index (χ2v) is 11.5. The molecule has 0 saturated carbocycles. The first-order valence-corrected chi connectivity index (χ1v) is 14.4. The van der Waals surface area contributed by atoms with E-state index in [1.54, 1.807) is 24.3 Å². The van der Waals surface area contributed by atoms with Crippen molar-refractivity contribution in [3.63, 3.8) is 0 Å². The van der Waals surface area contributed by atoms with Crippen molar-refractivity contribution in [1.29, 1.82) is 0 Å². The molecule has 0 radical (unpaired) electrons. The van der Waals surface area contributed by atoms with Crippen molar-refractivity contribution in [2.45, 2.75) is 52.1 Å². The average Bonchev–Trinajstić information content (AvgIpc) is 2.80. The van der Waals surface area contributed by atoms with Crippen molar-refractivity contribution < 1.29 is 18.0 Å². The molecule has 7 nitrogen and oxygen atoms in total. The number of benzene rings is 2. The summed E-state index contributed by atoms with van der Waals surface area (Å²) in [6, 6.07) is 15.9. The number of nitrogens with zero attached hydrogens (tertiary/aromatic N) is 2. The Hall–Kier alpha value is -2.14. The van der Waals surface area contributed by atoms with Gasteiger partial charge in [-0.3, -0.25) is 13.9 Å². The molecule has 9 heteroatoms. The number of sulfonamides is 1. The van der Waals surface area contributed by atoms with Crippen LogP contribution in [0.3, 0.4) is 0 Å². The number of rotatable bonds is 12. The number of hydrogen-bond acceptors (Lipinski definition) is 4. The molecule has 0 heterocycles. The number of carbonyl (C=O) groups excluding carboxylic acids is 2. The zero-order valence-corrected chi connectivity index (χ0v) is 23.2. The van der Waals surface area contributed by atoms with E-state index >= 15 is 0 Å². The Kier molecular flexibility index (Phi) is 10.8. The summed E-state index contributed by atoms with van der Waals surface area (Å²) in [7, 11) is -3.72. The number of carbonyl (C=O) groups is 2. The van der Waals surface area contributed by atoms with Crippen LogP contribution in [-0.4, -0.2) is 56.6 Å². The van der Waals surface area contributed by atoms with Gasteiger partial charge in [-0.25, -0.2) is 8.42 Å². The number of nitrogens with one attached hydrogen (secondary N) is 1. The minimum absolute atomic E-state index is 0.0214. The van der Waals surface area contributed by atoms with Crippen LogP contribution in [0.1, 0.15) is 39.2 Å². The molecule has 2 aromatic carbocycles. The predicted octanol–water partition coefficient (Wildman–Crippen LogP) is 3.82. The first-order chi connectivity index (χ1) is 16.1. The molecule has 2 rings (SSSR count). The van der Waals surface area contributed by atoms with Gasteiger partial charge in [-0.1, -0.05) is 44.2 Å². The standard InChI is InChI=1S/C25H34IN3O4S/c1-5-19(3)27-25(31)23(6-2)28(17-16-20-10-8-7-9-11-20)24(30)18-29(34(4,32)33)22-14-12-21(26)13-15-22/h7-15,19,23H,5-6,16-18H2,1-4H3,(H,27,31)/t19-,23-/m1/s1. The van der Waals surface area contributed by atoms with Gasteiger partial charge in [0.05, 0.1) is 11.9 Å². The van der Waals surface area contributed by atoms with Crippen LogP contribution >= 0.6 is 22.6 Å². The van der Waals surface area contributed by atoms with Gasteiger partial charge in [0.15, 0.2) is 0 Å². The van der Waals surface area contributed by atoms with Gasteiger partial charge >= 0.3 is 0 Å². The van der Waals surface area contributed by atoms with E-state index < -0.39 is 22.0 Å². The van der Waals surface area contributed by atoms with Crippen LogP contribution in [0, 0.1) is 3.57 Å². The molecule has 2 atom stereocenters. The third-order valence-electron chi connectivity index (χ3n) is 5.66. The topological polar surface area (TPSA) is 86.8 Å². The molecule has 186 valence electrons. The fraction of sp³-hybridized carbons (Fsp3) is 0.440. The zero-order chi connectivity index (χ0) is 25.3. The molecule has 0 aliphatic heterocycles. The van der Waals surface area contributed by atoms with Gasteiger partial charge in [-0.2, -0.15) is 0 Å². The van der Waals surface area contributed by atoms with Crippen molar-refractivity contribution in [3.05, 3.63) is 63.7 Å². The highest BCUT2D eigenvalue weighted by atomic mass is 127. The van der Waals surface area contributed by atoms with Crippen molar-refractivity contribution in [1.82, 2.24) is 10.2 Å². The van der Waals surface area contributed by atoms with Crippen LogP contribution in [0.4, 0.5) is 5.69 Å². The molecule has 1 N–H and O–H groups in total. The van der Waals surface area contributed by atoms with Crippen LogP contribution in [-0.2, 0) is 26.0 Å². The van der Waals surface area contributed by atoms with Crippen molar-refractivity contribution >= 4 is 50.1 Å². The lowest BCUT2D eigenvalue weighted by molar-refractivity contribution is -0.139. The van der Waals surface area contributed by atoms with Crippen LogP contribution in [0.5, 0.6) is 0 Å². The first-order valence-electron chi connectivity index (χ1n) is 11.4. The normalized spacial score (nSPS) is 13.1. The molecule has 0 aromatic heterocycles. The quantitative estimate of drug-likeness (QED) is 0.376. The van der Waals surface area contributed by atoms with E-state index in [0.29, 0.717) is 25.1 Å². The van der Waals surface area contributed by atoms with Gasteiger partial charge in [0.2, 0.25) is 21.8 Å². The zero-order valence-electron chi connectivity index (χ0n) is 20.2. The summed E-state index contributed by atoms with van der Waals surface area (Å²) < 4.78 is 27.2. The summed E-state index contributed by atoms with van der Waals surface area (Å²) in [5.74, 6) is -0.635. The van der Waals surface area contributed by atoms with Crippen molar-refractivity contribution in [3.8, 4) is 0 Å². The summed E-state index contributed by atoms with van der Waals surface area (Å²) in [6.45, 7) is 5.69. The summed E-state index contributed by atoms with van der Waals surface area (Å²) in [5, 5.41) is 2.97. The van der Waals surface area contributed by atoms with Crippen molar-refractivity contribution in [2.75, 3.05) is 23.7 Å². The smallest absolute Gasteiger partial charge is 0.244 e. The molecule has 34 heavy (non-hydrogen) atoms. The third-order valence-corrected chi connectivity index (χ3v) is 7.52. The van der Waals surface area contributed by atoms with Crippen LogP contribution in [0.2, 0.25) is 0 Å². The van der Waals surface area contributed by atoms with E-state index in [0.717, 1.165) is 26.1 Å². The highest BCUT2D eigenvalue weighted by Gasteiger charge is 2.31. The van der Waals surface area contributed by atoms with Crippen LogP contribution in [0.15, 0.2) is 54.6 Å². The molecule has 0 fully saturated rings. The van der Waals surface area contributed by atoms with E-state index in [1.807, 2.05) is 51.1 Å². The Balaban J connectivity index is 2.34. The van der Waals surface area contributed by atoms with Gasteiger partial charge in [0.25, 0.3) is 0 Å². The van der Waals surface area contributed by atoms with Gasteiger partial charge < -0.3 is 10.2 Å². The molecular formula is C25H34IN3O4S. The predicted molar refractivity (Wildman–Crippen MR) is 145 cm³/mol. The minimum Gasteiger partial charge on any atom is -0.352 e. The highest BCUT2D eigenvalue weighted by Crippen LogP contribution is 2.20. The first kappa shape index (κ1) is 28.1. The Morgan fingerprint density at radius 3 is 2.15 bits per heavy atom. The molecule has 0 aliphatic carbocycles. The molecule has 0 saturated heterocycles. The highest BCUT2D eigenvalue weighted by molar-refractivity contribution is 14.1. The van der Waals surface area contributed by atoms with E-state index in [4.69, 9.17) is 0 Å². The summed E-state index contributed by atoms with van der Waals surface area (Å²) in [4.78, 5) is 28.1. The Morgan fingerprint density at radius 1 is 1.00 bits per heavy atom. The number of amides is 2. The summed E-state index contributed by atoms with van der Waals surface area (Å²) in [5.41, 5.74) is 1.45. The monoisotopic (exact) mass is 599 g/mol. The van der Waals surface area contributed by atoms with Gasteiger partial charge in [-0.05, 0) is 78.6 Å². The molecule has 2 amide bonds. The van der Waals surface area contributed by atoms with E-state index in [9.17, 15) is 18.0 Å². The fourth-order valence-corrected chi connectivity index (χ4v) is 4.77. The minimum atomic E-state index is -3.72. The molecule has 0 unspecified atom stereocenters.